The van der Waals surface area contributed by atoms with Crippen LogP contribution in [-0.4, -0.2) is 30.6 Å². The third kappa shape index (κ3) is 2.84. The number of benzene rings is 2. The van der Waals surface area contributed by atoms with E-state index in [0.717, 1.165) is 22.1 Å². The molecule has 0 unspecified atom stereocenters. The van der Waals surface area contributed by atoms with Gasteiger partial charge in [-0.1, -0.05) is 36.4 Å². The van der Waals surface area contributed by atoms with Crippen LogP contribution in [0.5, 0.6) is 0 Å². The minimum Gasteiger partial charge on any atom is -1.00 e. The normalized spacial score (nSPS) is 11.6. The number of hydrogen-bond donors (Lipinski definition) is 0. The lowest BCUT2D eigenvalue weighted by Gasteiger charge is -2.25. The second-order valence-electron chi connectivity index (χ2n) is 6.07. The van der Waals surface area contributed by atoms with Gasteiger partial charge in [0.2, 0.25) is 0 Å². The highest BCUT2D eigenvalue weighted by Crippen LogP contribution is 2.27. The fourth-order valence-electron chi connectivity index (χ4n) is 2.57. The number of fused-ring (bicyclic) bond motifs is 2. The second-order valence-corrected chi connectivity index (χ2v) is 6.07. The lowest BCUT2D eigenvalue weighted by molar-refractivity contribution is -0.883. The van der Waals surface area contributed by atoms with E-state index < -0.39 is 0 Å². The summed E-state index contributed by atoms with van der Waals surface area (Å²) in [6.45, 7) is 1.00. The molecule has 2 aromatic carbocycles. The number of nitrogens with zero attached hydrogens (tertiary/aromatic N) is 2. The summed E-state index contributed by atoms with van der Waals surface area (Å²) in [6, 6.07) is 16.9. The smallest absolute Gasteiger partial charge is 0.105 e. The van der Waals surface area contributed by atoms with E-state index in [1.165, 1.54) is 16.3 Å². The molecule has 0 saturated carbocycles. The van der Waals surface area contributed by atoms with E-state index in [-0.39, 0.29) is 17.0 Å². The van der Waals surface area contributed by atoms with E-state index in [1.807, 2.05) is 0 Å². The maximum Gasteiger partial charge on any atom is 0.105 e. The van der Waals surface area contributed by atoms with Gasteiger partial charge in [0.25, 0.3) is 0 Å². The summed E-state index contributed by atoms with van der Waals surface area (Å²) in [5.41, 5.74) is 3.57. The molecule has 0 N–H and O–H groups in total. The Bertz CT molecular complexity index is 691. The van der Waals surface area contributed by atoms with E-state index in [2.05, 4.69) is 69.7 Å². The Morgan fingerprint density at radius 3 is 1.70 bits per heavy atom. The Labute approximate surface area is 130 Å². The average Bonchev–Trinajstić information content (AvgIpc) is 2.37. The minimum atomic E-state index is 0. The number of para-hydroxylation sites is 2. The maximum atomic E-state index is 4.76. The van der Waals surface area contributed by atoms with Gasteiger partial charge in [-0.2, -0.15) is 0 Å². The Balaban J connectivity index is 0.00000147. The van der Waals surface area contributed by atoms with Gasteiger partial charge in [0.05, 0.1) is 32.2 Å². The van der Waals surface area contributed by atoms with Crippen LogP contribution < -0.4 is 17.0 Å². The lowest BCUT2D eigenvalue weighted by Crippen LogP contribution is -3.00. The molecule has 0 atom stereocenters. The first-order valence-electron chi connectivity index (χ1n) is 6.61. The first-order valence-corrected chi connectivity index (χ1v) is 6.61. The first kappa shape index (κ1) is 14.9. The van der Waals surface area contributed by atoms with Gasteiger partial charge < -0.3 is 21.5 Å². The molecular formula is C17H19BrN2. The van der Waals surface area contributed by atoms with E-state index in [4.69, 9.17) is 4.98 Å². The third-order valence-electron chi connectivity index (χ3n) is 3.33. The van der Waals surface area contributed by atoms with Crippen LogP contribution in [0, 0.1) is 0 Å². The van der Waals surface area contributed by atoms with E-state index in [1.54, 1.807) is 0 Å². The highest BCUT2D eigenvalue weighted by Gasteiger charge is 2.15. The van der Waals surface area contributed by atoms with Gasteiger partial charge in [-0.15, -0.1) is 0 Å². The molecule has 0 amide bonds. The predicted octanol–water partition coefficient (Wildman–Crippen LogP) is 0.598. The van der Waals surface area contributed by atoms with Crippen molar-refractivity contribution in [2.45, 2.75) is 6.54 Å². The van der Waals surface area contributed by atoms with Gasteiger partial charge in [-0.05, 0) is 12.1 Å². The molecule has 0 aliphatic heterocycles. The highest BCUT2D eigenvalue weighted by molar-refractivity contribution is 5.97. The summed E-state index contributed by atoms with van der Waals surface area (Å²) in [7, 11) is 6.68. The van der Waals surface area contributed by atoms with Crippen LogP contribution in [0.15, 0.2) is 48.5 Å². The molecule has 0 saturated heterocycles. The molecule has 1 heterocycles. The topological polar surface area (TPSA) is 12.9 Å². The second kappa shape index (κ2) is 5.51. The van der Waals surface area contributed by atoms with E-state index in [0.29, 0.717) is 0 Å². The average molecular weight is 331 g/mol. The van der Waals surface area contributed by atoms with Gasteiger partial charge in [-0.25, -0.2) is 4.98 Å². The largest absolute Gasteiger partial charge is 1.00 e. The molecule has 3 rings (SSSR count). The fourth-order valence-corrected chi connectivity index (χ4v) is 2.57. The Morgan fingerprint density at radius 2 is 1.25 bits per heavy atom. The molecule has 0 spiro atoms. The highest BCUT2D eigenvalue weighted by atomic mass is 79.9. The van der Waals surface area contributed by atoms with Crippen LogP contribution in [0.3, 0.4) is 0 Å². The predicted molar refractivity (Wildman–Crippen MR) is 81.0 cm³/mol. The Morgan fingerprint density at radius 1 is 0.800 bits per heavy atom. The first-order chi connectivity index (χ1) is 9.04. The molecule has 3 heteroatoms. The monoisotopic (exact) mass is 330 g/mol. The van der Waals surface area contributed by atoms with Crippen molar-refractivity contribution in [3.05, 3.63) is 54.1 Å². The van der Waals surface area contributed by atoms with Crippen molar-refractivity contribution < 1.29 is 21.5 Å². The fraction of sp³-hybridized carbons (Fsp3) is 0.235. The summed E-state index contributed by atoms with van der Waals surface area (Å²) >= 11 is 0. The van der Waals surface area contributed by atoms with Crippen molar-refractivity contribution in [1.82, 2.24) is 4.98 Å². The van der Waals surface area contributed by atoms with E-state index >= 15 is 0 Å². The van der Waals surface area contributed by atoms with Gasteiger partial charge in [0.1, 0.15) is 6.54 Å². The van der Waals surface area contributed by atoms with Crippen LogP contribution in [-0.2, 0) is 6.54 Å². The molecule has 20 heavy (non-hydrogen) atoms. The third-order valence-corrected chi connectivity index (χ3v) is 3.33. The number of quaternary nitrogens is 1. The molecule has 0 bridgehead atoms. The van der Waals surface area contributed by atoms with Crippen molar-refractivity contribution in [2.75, 3.05) is 21.1 Å². The Kier molecular flexibility index (Phi) is 4.11. The molecule has 0 radical (unpaired) electrons. The lowest BCUT2D eigenvalue weighted by atomic mass is 10.0. The van der Waals surface area contributed by atoms with Crippen LogP contribution in [0.2, 0.25) is 0 Å². The molecule has 0 aliphatic rings. The van der Waals surface area contributed by atoms with Gasteiger partial charge in [-0.3, -0.25) is 0 Å². The molecule has 0 aliphatic carbocycles. The number of aromatic nitrogens is 1. The minimum absolute atomic E-state index is 0. The zero-order valence-electron chi connectivity index (χ0n) is 12.1. The summed E-state index contributed by atoms with van der Waals surface area (Å²) < 4.78 is 0.915. The van der Waals surface area contributed by atoms with E-state index in [9.17, 15) is 0 Å². The molecule has 0 fully saturated rings. The van der Waals surface area contributed by atoms with Gasteiger partial charge in [0, 0.05) is 16.3 Å². The molecule has 1 aromatic heterocycles. The van der Waals surface area contributed by atoms with Crippen LogP contribution in [0.4, 0.5) is 0 Å². The number of hydrogen-bond acceptors (Lipinski definition) is 1. The maximum absolute atomic E-state index is 4.76. The van der Waals surface area contributed by atoms with Crippen molar-refractivity contribution in [1.29, 1.82) is 0 Å². The quantitative estimate of drug-likeness (QED) is 0.495. The van der Waals surface area contributed by atoms with Gasteiger partial charge in [0.15, 0.2) is 0 Å². The summed E-state index contributed by atoms with van der Waals surface area (Å²) in [5.74, 6) is 0. The SMILES string of the molecule is C[N+](C)(C)Cc1c2ccccc2nc2ccccc12.[Br-]. The molecule has 3 aromatic rings. The Hall–Kier alpha value is -1.45. The molecule has 104 valence electrons. The zero-order valence-corrected chi connectivity index (χ0v) is 13.7. The number of halogens is 1. The van der Waals surface area contributed by atoms with Crippen molar-refractivity contribution in [3.63, 3.8) is 0 Å². The summed E-state index contributed by atoms with van der Waals surface area (Å²) in [4.78, 5) is 4.76. The van der Waals surface area contributed by atoms with Crippen LogP contribution in [0.1, 0.15) is 5.56 Å². The molecular weight excluding hydrogens is 312 g/mol. The van der Waals surface area contributed by atoms with Gasteiger partial charge >= 0.3 is 0 Å². The van der Waals surface area contributed by atoms with Crippen LogP contribution in [0.25, 0.3) is 21.8 Å². The zero-order chi connectivity index (χ0) is 13.5. The van der Waals surface area contributed by atoms with Crippen molar-refractivity contribution in [2.24, 2.45) is 0 Å². The van der Waals surface area contributed by atoms with Crippen LogP contribution >= 0.6 is 0 Å². The summed E-state index contributed by atoms with van der Waals surface area (Å²) in [6.07, 6.45) is 0. The summed E-state index contributed by atoms with van der Waals surface area (Å²) in [5, 5.41) is 2.54. The molecule has 2 nitrogen and oxygen atoms in total. The van der Waals surface area contributed by atoms with Crippen molar-refractivity contribution in [3.8, 4) is 0 Å². The van der Waals surface area contributed by atoms with Crippen molar-refractivity contribution >= 4 is 21.8 Å². The number of rotatable bonds is 2. The standard InChI is InChI=1S/C17H19N2.BrH/c1-19(2,3)12-15-13-8-4-6-10-16(13)18-17-11-7-5-9-14(15)17;/h4-11H,12H2,1-3H3;1H/q+1;/p-1. The number of pyridine rings is 1.